The number of hydrogen-bond donors (Lipinski definition) is 2. The largest absolute Gasteiger partial charge is 0.456 e. The molecule has 4 atom stereocenters. The number of nitrogens with one attached hydrogen (secondary N) is 1. The van der Waals surface area contributed by atoms with Gasteiger partial charge in [-0.05, 0) is 23.3 Å². The second kappa shape index (κ2) is 8.49. The number of aliphatic hydroxyl groups is 1. The molecule has 9 nitrogen and oxygen atoms in total. The lowest BCUT2D eigenvalue weighted by atomic mass is 10.0. The number of benzene rings is 2. The summed E-state index contributed by atoms with van der Waals surface area (Å²) < 4.78 is 17.2. The third kappa shape index (κ3) is 3.68. The molecule has 0 unspecified atom stereocenters. The van der Waals surface area contributed by atoms with E-state index in [1.165, 1.54) is 0 Å². The minimum Gasteiger partial charge on any atom is -0.456 e. The van der Waals surface area contributed by atoms with Crippen molar-refractivity contribution < 1.29 is 19.3 Å². The van der Waals surface area contributed by atoms with Gasteiger partial charge in [0.25, 0.3) is 6.01 Å². The quantitative estimate of drug-likeness (QED) is 0.382. The maximum Gasteiger partial charge on any atom is 0.296 e. The molecule has 0 amide bonds. The fourth-order valence-electron chi connectivity index (χ4n) is 4.82. The number of nitrogens with zero attached hydrogens (tertiary/aromatic N) is 4. The molecule has 2 N–H and O–H groups in total. The molecular weight excluding hydrogens is 482 g/mol. The highest BCUT2D eigenvalue weighted by Gasteiger charge is 2.48. The Morgan fingerprint density at radius 1 is 0.944 bits per heavy atom. The number of pyridine rings is 1. The molecule has 2 fully saturated rings. The Morgan fingerprint density at radius 3 is 2.64 bits per heavy atom. The fraction of sp³-hybridized carbons (Fsp3) is 0.231. The number of fused-ring (bicyclic) bond motifs is 3. The van der Waals surface area contributed by atoms with Crippen molar-refractivity contribution in [2.24, 2.45) is 0 Å². The Balaban J connectivity index is 1.15. The van der Waals surface area contributed by atoms with Gasteiger partial charge < -0.3 is 24.3 Å². The summed E-state index contributed by atoms with van der Waals surface area (Å²) in [7, 11) is 0. The molecule has 2 saturated heterocycles. The van der Waals surface area contributed by atoms with Gasteiger partial charge >= 0.3 is 0 Å². The standard InChI is InChI=1S/C26H20ClN5O4/c27-17-8-19-25(32-26(30-19)36-21-11-35-23-20(33)10-34-24(21)23)31-22(17)14-3-1-13(2-4-14)15-5-6-16-9-28-12-29-18(16)7-15/h1-9,12,20-21,23-24,33H,10-11H2,(H,30,31,32)/t20-,21-,23-,24-/m1/s1. The molecule has 0 spiro atoms. The number of aromatic nitrogens is 5. The first-order chi connectivity index (χ1) is 17.6. The van der Waals surface area contributed by atoms with Crippen molar-refractivity contribution in [3.05, 3.63) is 66.1 Å². The molecule has 2 aliphatic rings. The first kappa shape index (κ1) is 21.6. The van der Waals surface area contributed by atoms with Gasteiger partial charge in [0.1, 0.15) is 24.6 Å². The molecule has 0 saturated carbocycles. The van der Waals surface area contributed by atoms with Crippen molar-refractivity contribution in [2.45, 2.75) is 24.4 Å². The Labute approximate surface area is 210 Å². The Morgan fingerprint density at radius 2 is 1.75 bits per heavy atom. The molecule has 7 rings (SSSR count). The molecule has 0 radical (unpaired) electrons. The van der Waals surface area contributed by atoms with Crippen LogP contribution in [0.4, 0.5) is 0 Å². The number of imidazole rings is 1. The van der Waals surface area contributed by atoms with Gasteiger partial charge in [-0.1, -0.05) is 48.0 Å². The van der Waals surface area contributed by atoms with Crippen molar-refractivity contribution in [2.75, 3.05) is 13.2 Å². The Kier molecular flexibility index (Phi) is 5.10. The summed E-state index contributed by atoms with van der Waals surface area (Å²) in [6, 6.07) is 16.3. The SMILES string of the molecule is O[C@@H]1CO[C@H]2[C@@H]1OC[C@H]2Oc1nc2nc(-c3ccc(-c4ccc5cncnc5c4)cc3)c(Cl)cc2[nH]1. The predicted molar refractivity (Wildman–Crippen MR) is 133 cm³/mol. The lowest BCUT2D eigenvalue weighted by Gasteiger charge is -2.15. The molecule has 3 aromatic heterocycles. The normalized spacial score (nSPS) is 23.4. The van der Waals surface area contributed by atoms with Crippen molar-refractivity contribution >= 4 is 33.7 Å². The molecule has 5 heterocycles. The third-order valence-electron chi connectivity index (χ3n) is 6.65. The molecular formula is C26H20ClN5O4. The number of aromatic amines is 1. The van der Waals surface area contributed by atoms with Crippen molar-refractivity contribution in [3.63, 3.8) is 0 Å². The van der Waals surface area contributed by atoms with Crippen LogP contribution in [0.2, 0.25) is 5.02 Å². The Hall–Kier alpha value is -3.63. The number of rotatable bonds is 4. The fourth-order valence-corrected chi connectivity index (χ4v) is 5.08. The van der Waals surface area contributed by atoms with Gasteiger partial charge in [0.2, 0.25) is 0 Å². The average molecular weight is 502 g/mol. The van der Waals surface area contributed by atoms with Gasteiger partial charge in [-0.15, -0.1) is 0 Å². The van der Waals surface area contributed by atoms with Crippen molar-refractivity contribution in [3.8, 4) is 28.4 Å². The summed E-state index contributed by atoms with van der Waals surface area (Å²) in [6.07, 6.45) is 1.66. The van der Waals surface area contributed by atoms with Crippen LogP contribution in [0.1, 0.15) is 0 Å². The first-order valence-electron chi connectivity index (χ1n) is 11.6. The molecule has 2 aliphatic heterocycles. The van der Waals surface area contributed by atoms with Crippen LogP contribution < -0.4 is 4.74 Å². The van der Waals surface area contributed by atoms with Crippen LogP contribution in [0.5, 0.6) is 6.01 Å². The zero-order valence-electron chi connectivity index (χ0n) is 18.8. The molecule has 36 heavy (non-hydrogen) atoms. The average Bonchev–Trinajstić information content (AvgIpc) is 3.60. The van der Waals surface area contributed by atoms with E-state index in [-0.39, 0.29) is 24.9 Å². The number of halogens is 1. The maximum atomic E-state index is 9.93. The van der Waals surface area contributed by atoms with E-state index in [2.05, 4.69) is 31.0 Å². The summed E-state index contributed by atoms with van der Waals surface area (Å²) in [5.74, 6) is 0. The van der Waals surface area contributed by atoms with E-state index in [0.717, 1.165) is 27.6 Å². The van der Waals surface area contributed by atoms with Gasteiger partial charge in [-0.25, -0.2) is 15.0 Å². The van der Waals surface area contributed by atoms with Gasteiger partial charge in [-0.2, -0.15) is 4.98 Å². The Bertz CT molecular complexity index is 1590. The summed E-state index contributed by atoms with van der Waals surface area (Å²) >= 11 is 6.60. The van der Waals surface area contributed by atoms with Crippen LogP contribution in [0, 0.1) is 0 Å². The van der Waals surface area contributed by atoms with Gasteiger partial charge in [0.05, 0.1) is 35.0 Å². The van der Waals surface area contributed by atoms with Crippen molar-refractivity contribution in [1.82, 2.24) is 24.9 Å². The number of aliphatic hydroxyl groups excluding tert-OH is 1. The second-order valence-corrected chi connectivity index (χ2v) is 9.33. The molecule has 0 bridgehead atoms. The molecule has 0 aliphatic carbocycles. The minimum absolute atomic E-state index is 0.240. The third-order valence-corrected chi connectivity index (χ3v) is 6.94. The monoisotopic (exact) mass is 501 g/mol. The van der Waals surface area contributed by atoms with Crippen LogP contribution in [0.15, 0.2) is 61.1 Å². The van der Waals surface area contributed by atoms with E-state index in [0.29, 0.717) is 34.5 Å². The summed E-state index contributed by atoms with van der Waals surface area (Å²) in [5.41, 5.74) is 5.68. The van der Waals surface area contributed by atoms with Gasteiger partial charge in [0, 0.05) is 17.1 Å². The topological polar surface area (TPSA) is 115 Å². The predicted octanol–water partition coefficient (Wildman–Crippen LogP) is 3.79. The van der Waals surface area contributed by atoms with Crippen LogP contribution in [0.3, 0.4) is 0 Å². The van der Waals surface area contributed by atoms with E-state index in [9.17, 15) is 5.11 Å². The van der Waals surface area contributed by atoms with Crippen LogP contribution in [0.25, 0.3) is 44.5 Å². The number of H-pyrrole nitrogens is 1. The molecule has 180 valence electrons. The van der Waals surface area contributed by atoms with E-state index >= 15 is 0 Å². The zero-order chi connectivity index (χ0) is 24.2. The van der Waals surface area contributed by atoms with Gasteiger partial charge in [0.15, 0.2) is 11.8 Å². The smallest absolute Gasteiger partial charge is 0.296 e. The highest BCUT2D eigenvalue weighted by molar-refractivity contribution is 6.33. The van der Waals surface area contributed by atoms with Crippen LogP contribution in [-0.4, -0.2) is 67.7 Å². The maximum absolute atomic E-state index is 9.93. The zero-order valence-corrected chi connectivity index (χ0v) is 19.6. The van der Waals surface area contributed by atoms with E-state index in [1.54, 1.807) is 18.6 Å². The number of ether oxygens (including phenoxy) is 3. The van der Waals surface area contributed by atoms with E-state index in [4.69, 9.17) is 25.8 Å². The second-order valence-electron chi connectivity index (χ2n) is 8.93. The van der Waals surface area contributed by atoms with Gasteiger partial charge in [-0.3, -0.25) is 0 Å². The van der Waals surface area contributed by atoms with E-state index in [1.807, 2.05) is 36.4 Å². The lowest BCUT2D eigenvalue weighted by Crippen LogP contribution is -2.34. The first-order valence-corrected chi connectivity index (χ1v) is 11.9. The van der Waals surface area contributed by atoms with Crippen LogP contribution in [-0.2, 0) is 9.47 Å². The van der Waals surface area contributed by atoms with E-state index < -0.39 is 6.10 Å². The molecule has 2 aromatic carbocycles. The van der Waals surface area contributed by atoms with Crippen LogP contribution >= 0.6 is 11.6 Å². The van der Waals surface area contributed by atoms with Crippen molar-refractivity contribution in [1.29, 1.82) is 0 Å². The highest BCUT2D eigenvalue weighted by Crippen LogP contribution is 2.33. The lowest BCUT2D eigenvalue weighted by molar-refractivity contribution is 0.00706. The summed E-state index contributed by atoms with van der Waals surface area (Å²) in [5, 5.41) is 11.4. The molecule has 10 heteroatoms. The molecule has 5 aromatic rings. The minimum atomic E-state index is -0.635. The number of hydrogen-bond acceptors (Lipinski definition) is 8. The highest BCUT2D eigenvalue weighted by atomic mass is 35.5. The summed E-state index contributed by atoms with van der Waals surface area (Å²) in [4.78, 5) is 20.7. The summed E-state index contributed by atoms with van der Waals surface area (Å²) in [6.45, 7) is 0.559.